The Labute approximate surface area is 163 Å². The largest absolute Gasteiger partial charge is 0.497 e. The SMILES string of the molecule is CCOC(CCCN(Cc1ccc(OC)cc1)C(=O)OC(C)(C)C)OCC. The van der Waals surface area contributed by atoms with Crippen LogP contribution in [0.3, 0.4) is 0 Å². The first-order chi connectivity index (χ1) is 12.8. The maximum Gasteiger partial charge on any atom is 0.410 e. The standard InChI is InChI=1S/C21H35NO5/c1-7-25-19(26-8-2)10-9-15-22(20(23)27-21(3,4)5)16-17-11-13-18(24-6)14-12-17/h11-14,19H,7-10,15-16H2,1-6H3. The van der Waals surface area contributed by atoms with E-state index < -0.39 is 5.60 Å². The average Bonchev–Trinajstić information content (AvgIpc) is 2.60. The summed E-state index contributed by atoms with van der Waals surface area (Å²) in [6.45, 7) is 11.8. The van der Waals surface area contributed by atoms with Gasteiger partial charge in [0, 0.05) is 32.7 Å². The maximum atomic E-state index is 12.6. The molecule has 0 saturated carbocycles. The van der Waals surface area contributed by atoms with Crippen LogP contribution in [0.4, 0.5) is 4.79 Å². The Kier molecular flexibility index (Phi) is 10.2. The van der Waals surface area contributed by atoms with Crippen molar-refractivity contribution in [1.82, 2.24) is 4.90 Å². The second-order valence-electron chi connectivity index (χ2n) is 7.23. The molecule has 0 saturated heterocycles. The van der Waals surface area contributed by atoms with Gasteiger partial charge in [-0.3, -0.25) is 0 Å². The van der Waals surface area contributed by atoms with Gasteiger partial charge in [0.2, 0.25) is 0 Å². The highest BCUT2D eigenvalue weighted by atomic mass is 16.7. The van der Waals surface area contributed by atoms with Crippen LogP contribution in [0.2, 0.25) is 0 Å². The van der Waals surface area contributed by atoms with Crippen LogP contribution in [-0.2, 0) is 20.8 Å². The zero-order valence-corrected chi connectivity index (χ0v) is 17.6. The molecule has 0 fully saturated rings. The third-order valence-corrected chi connectivity index (χ3v) is 3.76. The Morgan fingerprint density at radius 2 is 1.67 bits per heavy atom. The van der Waals surface area contributed by atoms with E-state index in [0.29, 0.717) is 26.3 Å². The summed E-state index contributed by atoms with van der Waals surface area (Å²) in [7, 11) is 1.63. The lowest BCUT2D eigenvalue weighted by molar-refractivity contribution is -0.140. The van der Waals surface area contributed by atoms with Crippen LogP contribution in [0.5, 0.6) is 5.75 Å². The van der Waals surface area contributed by atoms with Gasteiger partial charge in [0.1, 0.15) is 11.4 Å². The number of rotatable bonds is 11. The van der Waals surface area contributed by atoms with E-state index in [1.54, 1.807) is 12.0 Å². The molecular formula is C21H35NO5. The van der Waals surface area contributed by atoms with Crippen molar-refractivity contribution >= 4 is 6.09 Å². The molecule has 1 rings (SSSR count). The first-order valence-electron chi connectivity index (χ1n) is 9.63. The van der Waals surface area contributed by atoms with Crippen molar-refractivity contribution in [1.29, 1.82) is 0 Å². The van der Waals surface area contributed by atoms with Crippen molar-refractivity contribution in [3.05, 3.63) is 29.8 Å². The van der Waals surface area contributed by atoms with Crippen molar-refractivity contribution in [2.75, 3.05) is 26.9 Å². The minimum Gasteiger partial charge on any atom is -0.497 e. The molecule has 1 amide bonds. The van der Waals surface area contributed by atoms with Gasteiger partial charge in [0.25, 0.3) is 0 Å². The second-order valence-corrected chi connectivity index (χ2v) is 7.23. The summed E-state index contributed by atoms with van der Waals surface area (Å²) >= 11 is 0. The fourth-order valence-electron chi connectivity index (χ4n) is 2.55. The van der Waals surface area contributed by atoms with Crippen LogP contribution in [-0.4, -0.2) is 49.8 Å². The molecule has 6 nitrogen and oxygen atoms in total. The number of methoxy groups -OCH3 is 1. The molecule has 0 radical (unpaired) electrons. The smallest absolute Gasteiger partial charge is 0.410 e. The predicted octanol–water partition coefficient (Wildman–Crippen LogP) is 4.61. The van der Waals surface area contributed by atoms with Gasteiger partial charge in [0.15, 0.2) is 6.29 Å². The fourth-order valence-corrected chi connectivity index (χ4v) is 2.55. The minimum atomic E-state index is -0.533. The molecule has 27 heavy (non-hydrogen) atoms. The molecule has 0 aromatic heterocycles. The highest BCUT2D eigenvalue weighted by Crippen LogP contribution is 2.17. The number of carbonyl (C=O) groups is 1. The van der Waals surface area contributed by atoms with E-state index in [4.69, 9.17) is 18.9 Å². The lowest BCUT2D eigenvalue weighted by Gasteiger charge is -2.28. The number of ether oxygens (including phenoxy) is 4. The predicted molar refractivity (Wildman–Crippen MR) is 106 cm³/mol. The first-order valence-corrected chi connectivity index (χ1v) is 9.63. The van der Waals surface area contributed by atoms with E-state index >= 15 is 0 Å². The fraction of sp³-hybridized carbons (Fsp3) is 0.667. The Hall–Kier alpha value is -1.79. The molecule has 1 aromatic rings. The summed E-state index contributed by atoms with van der Waals surface area (Å²) in [6, 6.07) is 7.70. The van der Waals surface area contributed by atoms with Gasteiger partial charge in [-0.05, 0) is 58.7 Å². The highest BCUT2D eigenvalue weighted by Gasteiger charge is 2.22. The van der Waals surface area contributed by atoms with Gasteiger partial charge in [-0.1, -0.05) is 12.1 Å². The van der Waals surface area contributed by atoms with Crippen molar-refractivity contribution < 1.29 is 23.7 Å². The Morgan fingerprint density at radius 3 is 2.15 bits per heavy atom. The molecule has 0 heterocycles. The van der Waals surface area contributed by atoms with E-state index in [1.165, 1.54) is 0 Å². The Bertz CT molecular complexity index is 532. The van der Waals surface area contributed by atoms with Gasteiger partial charge in [-0.25, -0.2) is 4.79 Å². The van der Waals surface area contributed by atoms with E-state index in [0.717, 1.165) is 24.2 Å². The van der Waals surface area contributed by atoms with Crippen molar-refractivity contribution in [2.24, 2.45) is 0 Å². The van der Waals surface area contributed by atoms with Gasteiger partial charge in [-0.15, -0.1) is 0 Å². The lowest BCUT2D eigenvalue weighted by Crippen LogP contribution is -2.37. The van der Waals surface area contributed by atoms with Crippen molar-refractivity contribution in [3.8, 4) is 5.75 Å². The van der Waals surface area contributed by atoms with Crippen LogP contribution in [0.25, 0.3) is 0 Å². The van der Waals surface area contributed by atoms with Crippen molar-refractivity contribution in [2.45, 2.75) is 65.9 Å². The van der Waals surface area contributed by atoms with E-state index in [-0.39, 0.29) is 12.4 Å². The van der Waals surface area contributed by atoms with Crippen LogP contribution < -0.4 is 4.74 Å². The van der Waals surface area contributed by atoms with E-state index in [1.807, 2.05) is 58.9 Å². The van der Waals surface area contributed by atoms with E-state index in [9.17, 15) is 4.79 Å². The van der Waals surface area contributed by atoms with Gasteiger partial charge in [-0.2, -0.15) is 0 Å². The highest BCUT2D eigenvalue weighted by molar-refractivity contribution is 5.68. The Morgan fingerprint density at radius 1 is 1.07 bits per heavy atom. The summed E-state index contributed by atoms with van der Waals surface area (Å²) in [5, 5.41) is 0. The monoisotopic (exact) mass is 381 g/mol. The average molecular weight is 382 g/mol. The van der Waals surface area contributed by atoms with Crippen molar-refractivity contribution in [3.63, 3.8) is 0 Å². The molecule has 0 atom stereocenters. The normalized spacial score (nSPS) is 11.5. The molecule has 6 heteroatoms. The number of nitrogens with zero attached hydrogens (tertiary/aromatic N) is 1. The number of carbonyl (C=O) groups excluding carboxylic acids is 1. The van der Waals surface area contributed by atoms with Crippen LogP contribution in [0.1, 0.15) is 53.0 Å². The minimum absolute atomic E-state index is 0.235. The molecule has 0 aliphatic rings. The Balaban J connectivity index is 2.73. The molecular weight excluding hydrogens is 346 g/mol. The summed E-state index contributed by atoms with van der Waals surface area (Å²) in [5.41, 5.74) is 0.488. The number of benzene rings is 1. The lowest BCUT2D eigenvalue weighted by atomic mass is 10.2. The molecule has 0 N–H and O–H groups in total. The number of amides is 1. The maximum absolute atomic E-state index is 12.6. The molecule has 0 unspecified atom stereocenters. The molecule has 0 aliphatic heterocycles. The van der Waals surface area contributed by atoms with E-state index in [2.05, 4.69) is 0 Å². The van der Waals surface area contributed by atoms with Gasteiger partial charge >= 0.3 is 6.09 Å². The quantitative estimate of drug-likeness (QED) is 0.524. The molecule has 0 bridgehead atoms. The van der Waals surface area contributed by atoms with Gasteiger partial charge in [0.05, 0.1) is 7.11 Å². The van der Waals surface area contributed by atoms with Crippen LogP contribution in [0, 0.1) is 0 Å². The molecule has 0 aliphatic carbocycles. The zero-order chi connectivity index (χ0) is 20.3. The second kappa shape index (κ2) is 11.8. The summed E-state index contributed by atoms with van der Waals surface area (Å²) in [5.74, 6) is 0.791. The number of hydrogen-bond donors (Lipinski definition) is 0. The molecule has 1 aromatic carbocycles. The third kappa shape index (κ3) is 9.63. The van der Waals surface area contributed by atoms with Crippen LogP contribution >= 0.6 is 0 Å². The topological polar surface area (TPSA) is 57.2 Å². The zero-order valence-electron chi connectivity index (χ0n) is 17.6. The van der Waals surface area contributed by atoms with Crippen LogP contribution in [0.15, 0.2) is 24.3 Å². The molecule has 154 valence electrons. The first kappa shape index (κ1) is 23.2. The third-order valence-electron chi connectivity index (χ3n) is 3.76. The van der Waals surface area contributed by atoms with Gasteiger partial charge < -0.3 is 23.8 Å². The summed E-state index contributed by atoms with van der Waals surface area (Å²) in [6.07, 6.45) is 0.938. The summed E-state index contributed by atoms with van der Waals surface area (Å²) < 4.78 is 21.9. The number of hydrogen-bond acceptors (Lipinski definition) is 5. The molecule has 0 spiro atoms. The summed E-state index contributed by atoms with van der Waals surface area (Å²) in [4.78, 5) is 14.4.